The first-order chi connectivity index (χ1) is 6.81. The normalized spacial score (nSPS) is 35.0. The van der Waals surface area contributed by atoms with Crippen molar-refractivity contribution in [2.75, 3.05) is 11.1 Å². The Morgan fingerprint density at radius 2 is 2.36 bits per heavy atom. The van der Waals surface area contributed by atoms with Crippen molar-refractivity contribution in [3.8, 4) is 0 Å². The summed E-state index contributed by atoms with van der Waals surface area (Å²) in [7, 11) is 0. The van der Waals surface area contributed by atoms with Gasteiger partial charge in [-0.15, -0.1) is 0 Å². The van der Waals surface area contributed by atoms with Crippen LogP contribution in [0.1, 0.15) is 25.7 Å². The zero-order valence-electron chi connectivity index (χ0n) is 8.07. The van der Waals surface area contributed by atoms with Crippen LogP contribution in [0, 0.1) is 11.8 Å². The highest BCUT2D eigenvalue weighted by molar-refractivity contribution is 7.19. The summed E-state index contributed by atoms with van der Waals surface area (Å²) in [6.45, 7) is 0. The molecule has 4 heteroatoms. The second kappa shape index (κ2) is 3.12. The summed E-state index contributed by atoms with van der Waals surface area (Å²) < 4.78 is 0. The quantitative estimate of drug-likeness (QED) is 0.786. The minimum atomic E-state index is 0.666. The summed E-state index contributed by atoms with van der Waals surface area (Å²) >= 11 is 1.56. The molecule has 3 nitrogen and oxygen atoms in total. The maximum atomic E-state index is 5.64. The van der Waals surface area contributed by atoms with E-state index in [1.54, 1.807) is 17.5 Å². The van der Waals surface area contributed by atoms with Crippen molar-refractivity contribution in [2.45, 2.75) is 31.7 Å². The largest absolute Gasteiger partial charge is 0.389 e. The van der Waals surface area contributed by atoms with Crippen molar-refractivity contribution in [2.24, 2.45) is 11.8 Å². The van der Waals surface area contributed by atoms with Crippen molar-refractivity contribution in [3.63, 3.8) is 0 Å². The molecule has 2 saturated carbocycles. The molecule has 76 valence electrons. The number of thiazole rings is 1. The molecule has 3 atom stereocenters. The summed E-state index contributed by atoms with van der Waals surface area (Å²) in [5, 5.41) is 5.32. The number of hydrogen-bond donors (Lipinski definition) is 2. The topological polar surface area (TPSA) is 50.9 Å². The number of nitrogens with two attached hydrogens (primary N) is 1. The van der Waals surface area contributed by atoms with Crippen LogP contribution in [0.3, 0.4) is 0 Å². The molecule has 0 spiro atoms. The van der Waals surface area contributed by atoms with E-state index in [1.807, 2.05) is 0 Å². The van der Waals surface area contributed by atoms with Crippen molar-refractivity contribution in [1.82, 2.24) is 4.98 Å². The average molecular weight is 209 g/mol. The van der Waals surface area contributed by atoms with E-state index in [-0.39, 0.29) is 0 Å². The van der Waals surface area contributed by atoms with E-state index in [1.165, 1.54) is 25.7 Å². The minimum Gasteiger partial charge on any atom is -0.389 e. The molecule has 2 fully saturated rings. The molecule has 2 aliphatic rings. The van der Waals surface area contributed by atoms with Crippen LogP contribution < -0.4 is 11.1 Å². The summed E-state index contributed by atoms with van der Waals surface area (Å²) in [6.07, 6.45) is 7.36. The number of fused-ring (bicyclic) bond motifs is 2. The van der Waals surface area contributed by atoms with Crippen LogP contribution in [0.2, 0.25) is 0 Å². The maximum absolute atomic E-state index is 5.64. The molecular weight excluding hydrogens is 194 g/mol. The van der Waals surface area contributed by atoms with Gasteiger partial charge in [0.1, 0.15) is 5.00 Å². The molecular formula is C10H15N3S. The van der Waals surface area contributed by atoms with E-state index in [0.717, 1.165) is 22.0 Å². The van der Waals surface area contributed by atoms with Gasteiger partial charge in [-0.3, -0.25) is 0 Å². The van der Waals surface area contributed by atoms with Crippen LogP contribution in [-0.4, -0.2) is 11.0 Å². The van der Waals surface area contributed by atoms with Crippen LogP contribution in [0.5, 0.6) is 0 Å². The number of nitrogens with one attached hydrogen (secondary N) is 1. The highest BCUT2D eigenvalue weighted by Crippen LogP contribution is 2.45. The van der Waals surface area contributed by atoms with Gasteiger partial charge in [0.25, 0.3) is 0 Å². The molecule has 3 rings (SSSR count). The predicted molar refractivity (Wildman–Crippen MR) is 59.4 cm³/mol. The Labute approximate surface area is 87.7 Å². The first-order valence-corrected chi connectivity index (χ1v) is 6.11. The van der Waals surface area contributed by atoms with E-state index >= 15 is 0 Å². The van der Waals surface area contributed by atoms with Crippen molar-refractivity contribution >= 4 is 21.5 Å². The number of nitrogens with zero attached hydrogens (tertiary/aromatic N) is 1. The van der Waals surface area contributed by atoms with E-state index in [4.69, 9.17) is 5.73 Å². The highest BCUT2D eigenvalue weighted by Gasteiger charge is 2.39. The highest BCUT2D eigenvalue weighted by atomic mass is 32.1. The van der Waals surface area contributed by atoms with Gasteiger partial charge in [-0.1, -0.05) is 17.8 Å². The maximum Gasteiger partial charge on any atom is 0.184 e. The zero-order chi connectivity index (χ0) is 9.54. The third-order valence-electron chi connectivity index (χ3n) is 3.57. The van der Waals surface area contributed by atoms with Crippen LogP contribution >= 0.6 is 11.3 Å². The van der Waals surface area contributed by atoms with Crippen molar-refractivity contribution in [3.05, 3.63) is 6.20 Å². The Bertz CT molecular complexity index is 336. The van der Waals surface area contributed by atoms with Gasteiger partial charge in [-0.05, 0) is 31.1 Å². The second-order valence-electron chi connectivity index (χ2n) is 4.49. The molecule has 0 amide bonds. The van der Waals surface area contributed by atoms with Crippen LogP contribution in [-0.2, 0) is 0 Å². The summed E-state index contributed by atoms with van der Waals surface area (Å²) in [4.78, 5) is 4.25. The Morgan fingerprint density at radius 1 is 1.43 bits per heavy atom. The van der Waals surface area contributed by atoms with Crippen LogP contribution in [0.25, 0.3) is 0 Å². The van der Waals surface area contributed by atoms with Gasteiger partial charge < -0.3 is 11.1 Å². The molecule has 2 bridgehead atoms. The molecule has 1 heterocycles. The summed E-state index contributed by atoms with van der Waals surface area (Å²) in [5.74, 6) is 1.87. The molecule has 0 saturated heterocycles. The van der Waals surface area contributed by atoms with E-state index in [9.17, 15) is 0 Å². The average Bonchev–Trinajstić information content (AvgIpc) is 2.82. The van der Waals surface area contributed by atoms with Gasteiger partial charge in [0.15, 0.2) is 5.13 Å². The minimum absolute atomic E-state index is 0.666. The Kier molecular flexibility index (Phi) is 1.90. The van der Waals surface area contributed by atoms with Crippen molar-refractivity contribution in [1.29, 1.82) is 0 Å². The lowest BCUT2D eigenvalue weighted by Crippen LogP contribution is -2.25. The summed E-state index contributed by atoms with van der Waals surface area (Å²) in [5.41, 5.74) is 5.64. The molecule has 0 aromatic carbocycles. The van der Waals surface area contributed by atoms with Crippen LogP contribution in [0.4, 0.5) is 10.1 Å². The lowest BCUT2D eigenvalue weighted by Gasteiger charge is -2.22. The fourth-order valence-electron chi connectivity index (χ4n) is 2.93. The number of nitrogen functional groups attached to an aromatic ring is 1. The molecule has 0 radical (unpaired) electrons. The van der Waals surface area contributed by atoms with E-state index in [2.05, 4.69) is 10.3 Å². The van der Waals surface area contributed by atoms with Gasteiger partial charge in [-0.25, -0.2) is 4.98 Å². The van der Waals surface area contributed by atoms with Gasteiger partial charge in [-0.2, -0.15) is 0 Å². The van der Waals surface area contributed by atoms with Crippen molar-refractivity contribution < 1.29 is 0 Å². The molecule has 2 aliphatic carbocycles. The number of aromatic nitrogens is 1. The van der Waals surface area contributed by atoms with Gasteiger partial charge in [0.05, 0.1) is 6.20 Å². The Morgan fingerprint density at radius 3 is 2.93 bits per heavy atom. The lowest BCUT2D eigenvalue weighted by molar-refractivity contribution is 0.439. The summed E-state index contributed by atoms with van der Waals surface area (Å²) in [6, 6.07) is 0.666. The second-order valence-corrected chi connectivity index (χ2v) is 5.56. The predicted octanol–water partition coefficient (Wildman–Crippen LogP) is 2.33. The zero-order valence-corrected chi connectivity index (χ0v) is 8.89. The monoisotopic (exact) mass is 209 g/mol. The molecule has 3 N–H and O–H groups in total. The molecule has 14 heavy (non-hydrogen) atoms. The molecule has 1 aromatic rings. The van der Waals surface area contributed by atoms with Gasteiger partial charge in [0, 0.05) is 6.04 Å². The van der Waals surface area contributed by atoms with E-state index in [0.29, 0.717) is 6.04 Å². The van der Waals surface area contributed by atoms with Gasteiger partial charge in [0.2, 0.25) is 0 Å². The number of rotatable bonds is 2. The SMILES string of the molecule is Nc1cnc(NC2CC3CCC2C3)s1. The van der Waals surface area contributed by atoms with E-state index < -0.39 is 0 Å². The first kappa shape index (κ1) is 8.53. The third-order valence-corrected chi connectivity index (χ3v) is 4.33. The molecule has 3 unspecified atom stereocenters. The molecule has 1 aromatic heterocycles. The fraction of sp³-hybridized carbons (Fsp3) is 0.700. The van der Waals surface area contributed by atoms with Crippen LogP contribution in [0.15, 0.2) is 6.20 Å². The van der Waals surface area contributed by atoms with Gasteiger partial charge >= 0.3 is 0 Å². The number of anilines is 2. The molecule has 0 aliphatic heterocycles. The smallest absolute Gasteiger partial charge is 0.184 e. The Hall–Kier alpha value is -0.770. The Balaban J connectivity index is 1.68. The third kappa shape index (κ3) is 1.38. The lowest BCUT2D eigenvalue weighted by atomic mass is 9.96. The standard InChI is InChI=1S/C10H15N3S/c11-9-5-12-10(14-9)13-8-4-6-1-2-7(8)3-6/h5-8H,1-4,11H2,(H,12,13). The number of hydrogen-bond acceptors (Lipinski definition) is 4. The fourth-order valence-corrected chi connectivity index (χ4v) is 3.58. The first-order valence-electron chi connectivity index (χ1n) is 5.29.